The first-order valence-corrected chi connectivity index (χ1v) is 6.69. The highest BCUT2D eigenvalue weighted by atomic mass is 35.5. The van der Waals surface area contributed by atoms with Crippen LogP contribution in [0.2, 0.25) is 5.02 Å². The number of pyridine rings is 1. The van der Waals surface area contributed by atoms with Gasteiger partial charge in [-0.05, 0) is 37.3 Å². The van der Waals surface area contributed by atoms with E-state index in [4.69, 9.17) is 16.3 Å². The molecule has 1 aromatic heterocycles. The number of carbonyl (C=O) groups excluding carboxylic acids is 2. The van der Waals surface area contributed by atoms with Gasteiger partial charge in [-0.25, -0.2) is 9.78 Å². The predicted octanol–water partition coefficient (Wildman–Crippen LogP) is 3.16. The third-order valence-electron chi connectivity index (χ3n) is 2.55. The zero-order valence-electron chi connectivity index (χ0n) is 11.3. The van der Waals surface area contributed by atoms with Crippen molar-refractivity contribution >= 4 is 29.2 Å². The van der Waals surface area contributed by atoms with Crippen molar-refractivity contribution in [3.63, 3.8) is 0 Å². The van der Waals surface area contributed by atoms with E-state index in [0.717, 1.165) is 0 Å². The van der Waals surface area contributed by atoms with Gasteiger partial charge in [0.2, 0.25) is 0 Å². The second kappa shape index (κ2) is 6.85. The molecule has 0 saturated carbocycles. The SMILES string of the molecule is CCOC(=O)c1cccc(C(=O)Nc2cccc(Cl)c2)n1. The number of esters is 1. The number of hydrogen-bond donors (Lipinski definition) is 1. The maximum atomic E-state index is 12.1. The lowest BCUT2D eigenvalue weighted by atomic mass is 10.2. The Morgan fingerprint density at radius 3 is 2.62 bits per heavy atom. The van der Waals surface area contributed by atoms with Gasteiger partial charge < -0.3 is 10.1 Å². The second-order valence-corrected chi connectivity index (χ2v) is 4.53. The number of benzene rings is 1. The molecule has 0 aliphatic heterocycles. The lowest BCUT2D eigenvalue weighted by Crippen LogP contribution is -2.16. The van der Waals surface area contributed by atoms with Crippen molar-refractivity contribution in [2.75, 3.05) is 11.9 Å². The molecule has 5 nitrogen and oxygen atoms in total. The maximum absolute atomic E-state index is 12.1. The molecule has 0 saturated heterocycles. The molecule has 0 aliphatic rings. The molecule has 0 bridgehead atoms. The quantitative estimate of drug-likeness (QED) is 0.881. The molecule has 2 rings (SSSR count). The van der Waals surface area contributed by atoms with Gasteiger partial charge in [0.1, 0.15) is 11.4 Å². The third-order valence-corrected chi connectivity index (χ3v) is 2.78. The molecule has 1 heterocycles. The van der Waals surface area contributed by atoms with E-state index in [9.17, 15) is 9.59 Å². The van der Waals surface area contributed by atoms with Gasteiger partial charge in [0.25, 0.3) is 5.91 Å². The van der Waals surface area contributed by atoms with E-state index in [2.05, 4.69) is 10.3 Å². The Balaban J connectivity index is 2.16. The van der Waals surface area contributed by atoms with E-state index in [0.29, 0.717) is 10.7 Å². The van der Waals surface area contributed by atoms with Crippen molar-refractivity contribution in [3.8, 4) is 0 Å². The number of anilines is 1. The number of halogens is 1. The molecule has 1 N–H and O–H groups in total. The molecule has 0 spiro atoms. The van der Waals surface area contributed by atoms with Crippen LogP contribution in [0, 0.1) is 0 Å². The first-order chi connectivity index (χ1) is 10.1. The predicted molar refractivity (Wildman–Crippen MR) is 79.6 cm³/mol. The van der Waals surface area contributed by atoms with Gasteiger partial charge in [-0.3, -0.25) is 4.79 Å². The largest absolute Gasteiger partial charge is 0.461 e. The van der Waals surface area contributed by atoms with E-state index in [1.165, 1.54) is 12.1 Å². The zero-order valence-corrected chi connectivity index (χ0v) is 12.1. The maximum Gasteiger partial charge on any atom is 0.356 e. The molecular formula is C15H13ClN2O3. The van der Waals surface area contributed by atoms with E-state index in [1.54, 1.807) is 37.3 Å². The Morgan fingerprint density at radius 1 is 1.19 bits per heavy atom. The van der Waals surface area contributed by atoms with Crippen molar-refractivity contribution < 1.29 is 14.3 Å². The summed E-state index contributed by atoms with van der Waals surface area (Å²) in [4.78, 5) is 27.7. The highest BCUT2D eigenvalue weighted by Crippen LogP contribution is 2.15. The summed E-state index contributed by atoms with van der Waals surface area (Å²) < 4.78 is 4.85. The van der Waals surface area contributed by atoms with Gasteiger partial charge in [0, 0.05) is 10.7 Å². The van der Waals surface area contributed by atoms with Crippen LogP contribution in [0.4, 0.5) is 5.69 Å². The lowest BCUT2D eigenvalue weighted by molar-refractivity contribution is 0.0519. The van der Waals surface area contributed by atoms with Crippen LogP contribution in [0.5, 0.6) is 0 Å². The van der Waals surface area contributed by atoms with Crippen LogP contribution in [0.3, 0.4) is 0 Å². The summed E-state index contributed by atoms with van der Waals surface area (Å²) in [5, 5.41) is 3.17. The van der Waals surface area contributed by atoms with Crippen molar-refractivity contribution in [1.29, 1.82) is 0 Å². The number of rotatable bonds is 4. The summed E-state index contributed by atoms with van der Waals surface area (Å²) in [5.74, 6) is -0.988. The fourth-order valence-corrected chi connectivity index (χ4v) is 1.83. The van der Waals surface area contributed by atoms with E-state index in [-0.39, 0.29) is 18.0 Å². The average Bonchev–Trinajstić information content (AvgIpc) is 2.47. The molecule has 0 unspecified atom stereocenters. The first kappa shape index (κ1) is 15.0. The summed E-state index contributed by atoms with van der Waals surface area (Å²) >= 11 is 5.85. The van der Waals surface area contributed by atoms with Crippen LogP contribution in [0.1, 0.15) is 27.9 Å². The van der Waals surface area contributed by atoms with Crippen LogP contribution >= 0.6 is 11.6 Å². The summed E-state index contributed by atoms with van der Waals surface area (Å²) in [7, 11) is 0. The first-order valence-electron chi connectivity index (χ1n) is 6.31. The van der Waals surface area contributed by atoms with Gasteiger partial charge in [0.15, 0.2) is 0 Å². The minimum atomic E-state index is -0.560. The zero-order chi connectivity index (χ0) is 15.2. The number of hydrogen-bond acceptors (Lipinski definition) is 4. The van der Waals surface area contributed by atoms with Crippen molar-refractivity contribution in [2.24, 2.45) is 0 Å². The summed E-state index contributed by atoms with van der Waals surface area (Å²) in [6, 6.07) is 11.3. The Labute approximate surface area is 126 Å². The minimum Gasteiger partial charge on any atom is -0.461 e. The number of nitrogens with one attached hydrogen (secondary N) is 1. The van der Waals surface area contributed by atoms with Gasteiger partial charge in [-0.15, -0.1) is 0 Å². The van der Waals surface area contributed by atoms with E-state index in [1.807, 2.05) is 0 Å². The van der Waals surface area contributed by atoms with Crippen LogP contribution in [0.15, 0.2) is 42.5 Å². The normalized spacial score (nSPS) is 10.0. The molecule has 21 heavy (non-hydrogen) atoms. The fourth-order valence-electron chi connectivity index (χ4n) is 1.64. The molecule has 0 radical (unpaired) electrons. The average molecular weight is 305 g/mol. The van der Waals surface area contributed by atoms with E-state index < -0.39 is 11.9 Å². The minimum absolute atomic E-state index is 0.0931. The van der Waals surface area contributed by atoms with Crippen LogP contribution in [0.25, 0.3) is 0 Å². The van der Waals surface area contributed by atoms with Crippen LogP contribution in [-0.2, 0) is 4.74 Å². The standard InChI is InChI=1S/C15H13ClN2O3/c1-2-21-15(20)13-8-4-7-12(18-13)14(19)17-11-6-3-5-10(16)9-11/h3-9H,2H2,1H3,(H,17,19). The molecule has 6 heteroatoms. The van der Waals surface area contributed by atoms with Gasteiger partial charge in [-0.2, -0.15) is 0 Å². The molecule has 0 atom stereocenters. The molecular weight excluding hydrogens is 292 g/mol. The number of carbonyl (C=O) groups is 2. The topological polar surface area (TPSA) is 68.3 Å². The molecule has 1 aromatic carbocycles. The number of ether oxygens (including phenoxy) is 1. The van der Waals surface area contributed by atoms with Crippen molar-refractivity contribution in [1.82, 2.24) is 4.98 Å². The summed E-state index contributed by atoms with van der Waals surface area (Å²) in [6.07, 6.45) is 0. The van der Waals surface area contributed by atoms with Gasteiger partial charge >= 0.3 is 5.97 Å². The summed E-state index contributed by atoms with van der Waals surface area (Å²) in [5.41, 5.74) is 0.770. The van der Waals surface area contributed by atoms with Gasteiger partial charge in [-0.1, -0.05) is 23.7 Å². The monoisotopic (exact) mass is 304 g/mol. The second-order valence-electron chi connectivity index (χ2n) is 4.09. The lowest BCUT2D eigenvalue weighted by Gasteiger charge is -2.06. The highest BCUT2D eigenvalue weighted by Gasteiger charge is 2.13. The smallest absolute Gasteiger partial charge is 0.356 e. The van der Waals surface area contributed by atoms with Gasteiger partial charge in [0.05, 0.1) is 6.61 Å². The Hall–Kier alpha value is -2.40. The number of nitrogens with zero attached hydrogens (tertiary/aromatic N) is 1. The molecule has 2 aromatic rings. The van der Waals surface area contributed by atoms with Crippen LogP contribution < -0.4 is 5.32 Å². The van der Waals surface area contributed by atoms with Crippen molar-refractivity contribution in [2.45, 2.75) is 6.92 Å². The summed E-state index contributed by atoms with van der Waals surface area (Å²) in [6.45, 7) is 1.95. The van der Waals surface area contributed by atoms with Crippen LogP contribution in [-0.4, -0.2) is 23.5 Å². The number of aromatic nitrogens is 1. The Morgan fingerprint density at radius 2 is 1.90 bits per heavy atom. The fraction of sp³-hybridized carbons (Fsp3) is 0.133. The van der Waals surface area contributed by atoms with Crippen molar-refractivity contribution in [3.05, 3.63) is 58.9 Å². The Kier molecular flexibility index (Phi) is 4.90. The molecule has 1 amide bonds. The highest BCUT2D eigenvalue weighted by molar-refractivity contribution is 6.30. The number of amides is 1. The Bertz CT molecular complexity index is 673. The molecule has 108 valence electrons. The third kappa shape index (κ3) is 4.03. The van der Waals surface area contributed by atoms with E-state index >= 15 is 0 Å². The molecule has 0 aliphatic carbocycles. The molecule has 0 fully saturated rings.